The van der Waals surface area contributed by atoms with E-state index >= 15 is 0 Å². The van der Waals surface area contributed by atoms with Crippen LogP contribution in [-0.2, 0) is 0 Å². The summed E-state index contributed by atoms with van der Waals surface area (Å²) in [7, 11) is 0. The van der Waals surface area contributed by atoms with Gasteiger partial charge in [-0.15, -0.1) is 0 Å². The second kappa shape index (κ2) is 6.34. The van der Waals surface area contributed by atoms with Gasteiger partial charge >= 0.3 is 0 Å². The molecule has 0 aliphatic carbocycles. The SMILES string of the molecule is N#Cc1cnsc1Nc1ccc(Oc2ccc(F)cc2)c(O)c1. The maximum Gasteiger partial charge on any atom is 0.169 e. The number of phenols is 1. The van der Waals surface area contributed by atoms with Gasteiger partial charge in [0.25, 0.3) is 0 Å². The molecule has 0 saturated heterocycles. The van der Waals surface area contributed by atoms with Gasteiger partial charge in [0.05, 0.1) is 6.20 Å². The lowest BCUT2D eigenvalue weighted by atomic mass is 10.2. The molecule has 1 aromatic heterocycles. The molecule has 0 spiro atoms. The molecular weight excluding hydrogens is 317 g/mol. The highest BCUT2D eigenvalue weighted by molar-refractivity contribution is 7.10. The first-order valence-corrected chi connectivity index (χ1v) is 7.31. The molecule has 0 saturated carbocycles. The van der Waals surface area contributed by atoms with Crippen molar-refractivity contribution in [2.24, 2.45) is 0 Å². The summed E-state index contributed by atoms with van der Waals surface area (Å²) >= 11 is 1.15. The summed E-state index contributed by atoms with van der Waals surface area (Å²) in [5.74, 6) is 0.213. The number of benzene rings is 2. The summed E-state index contributed by atoms with van der Waals surface area (Å²) in [5, 5.41) is 22.6. The lowest BCUT2D eigenvalue weighted by molar-refractivity contribution is 0.411. The van der Waals surface area contributed by atoms with Gasteiger partial charge in [-0.05, 0) is 47.9 Å². The van der Waals surface area contributed by atoms with E-state index in [1.54, 1.807) is 12.1 Å². The van der Waals surface area contributed by atoms with E-state index in [-0.39, 0.29) is 17.3 Å². The number of phenolic OH excluding ortho intramolecular Hbond substituents is 1. The molecule has 2 N–H and O–H groups in total. The zero-order valence-corrected chi connectivity index (χ0v) is 12.5. The number of rotatable bonds is 4. The van der Waals surface area contributed by atoms with E-state index in [1.807, 2.05) is 6.07 Å². The van der Waals surface area contributed by atoms with Crippen LogP contribution in [0.5, 0.6) is 17.2 Å². The van der Waals surface area contributed by atoms with E-state index in [9.17, 15) is 9.50 Å². The van der Waals surface area contributed by atoms with Crippen LogP contribution < -0.4 is 10.1 Å². The lowest BCUT2D eigenvalue weighted by Crippen LogP contribution is -1.91. The van der Waals surface area contributed by atoms with E-state index in [4.69, 9.17) is 10.00 Å². The minimum absolute atomic E-state index is 0.0812. The van der Waals surface area contributed by atoms with Crippen molar-refractivity contribution < 1.29 is 14.2 Å². The summed E-state index contributed by atoms with van der Waals surface area (Å²) in [6, 6.07) is 12.3. The molecule has 0 bridgehead atoms. The number of aromatic nitrogens is 1. The molecule has 23 heavy (non-hydrogen) atoms. The van der Waals surface area contributed by atoms with Crippen molar-refractivity contribution >= 4 is 22.2 Å². The Bertz CT molecular complexity index is 872. The van der Waals surface area contributed by atoms with Gasteiger partial charge in [-0.3, -0.25) is 0 Å². The van der Waals surface area contributed by atoms with Gasteiger partial charge in [0.1, 0.15) is 28.2 Å². The second-order valence-corrected chi connectivity index (χ2v) is 5.35. The predicted molar refractivity (Wildman–Crippen MR) is 84.7 cm³/mol. The normalized spacial score (nSPS) is 10.1. The largest absolute Gasteiger partial charge is 0.504 e. The smallest absolute Gasteiger partial charge is 0.169 e. The molecule has 0 unspecified atom stereocenters. The van der Waals surface area contributed by atoms with Crippen molar-refractivity contribution in [3.8, 4) is 23.3 Å². The number of ether oxygens (including phenoxy) is 1. The molecule has 5 nitrogen and oxygen atoms in total. The van der Waals surface area contributed by atoms with E-state index in [2.05, 4.69) is 9.69 Å². The van der Waals surface area contributed by atoms with E-state index < -0.39 is 0 Å². The zero-order chi connectivity index (χ0) is 16.2. The Balaban J connectivity index is 1.78. The van der Waals surface area contributed by atoms with Crippen LogP contribution in [0.15, 0.2) is 48.7 Å². The number of anilines is 2. The molecule has 0 radical (unpaired) electrons. The predicted octanol–water partition coefficient (Wildman–Crippen LogP) is 4.40. The summed E-state index contributed by atoms with van der Waals surface area (Å²) in [5.41, 5.74) is 1.02. The fourth-order valence-electron chi connectivity index (χ4n) is 1.85. The van der Waals surface area contributed by atoms with Crippen LogP contribution >= 0.6 is 11.5 Å². The Hall–Kier alpha value is -3.11. The topological polar surface area (TPSA) is 78.2 Å². The van der Waals surface area contributed by atoms with Gasteiger partial charge in [-0.1, -0.05) is 0 Å². The highest BCUT2D eigenvalue weighted by Crippen LogP contribution is 2.34. The number of nitrogens with zero attached hydrogens (tertiary/aromatic N) is 2. The van der Waals surface area contributed by atoms with Gasteiger partial charge in [0.2, 0.25) is 0 Å². The number of nitrogens with one attached hydrogen (secondary N) is 1. The minimum atomic E-state index is -0.362. The van der Waals surface area contributed by atoms with Crippen molar-refractivity contribution in [3.63, 3.8) is 0 Å². The Morgan fingerprint density at radius 3 is 2.70 bits per heavy atom. The number of hydrogen-bond acceptors (Lipinski definition) is 6. The van der Waals surface area contributed by atoms with E-state index in [0.717, 1.165) is 11.5 Å². The molecule has 114 valence electrons. The van der Waals surface area contributed by atoms with Gasteiger partial charge in [0.15, 0.2) is 11.5 Å². The maximum absolute atomic E-state index is 12.9. The van der Waals surface area contributed by atoms with Crippen LogP contribution in [0.4, 0.5) is 15.1 Å². The average Bonchev–Trinajstić information content (AvgIpc) is 2.99. The Labute approximate surface area is 135 Å². The van der Waals surface area contributed by atoms with Crippen LogP contribution in [0.1, 0.15) is 5.56 Å². The highest BCUT2D eigenvalue weighted by Gasteiger charge is 2.09. The fourth-order valence-corrected chi connectivity index (χ4v) is 2.48. The summed E-state index contributed by atoms with van der Waals surface area (Å²) in [6.07, 6.45) is 1.47. The monoisotopic (exact) mass is 327 g/mol. The van der Waals surface area contributed by atoms with Crippen molar-refractivity contribution in [2.75, 3.05) is 5.32 Å². The summed E-state index contributed by atoms with van der Waals surface area (Å²) in [6.45, 7) is 0. The maximum atomic E-state index is 12.9. The van der Waals surface area contributed by atoms with Gasteiger partial charge in [0, 0.05) is 11.8 Å². The summed E-state index contributed by atoms with van der Waals surface area (Å²) < 4.78 is 22.3. The zero-order valence-electron chi connectivity index (χ0n) is 11.7. The van der Waals surface area contributed by atoms with Gasteiger partial charge < -0.3 is 15.2 Å². The molecular formula is C16H10FN3O2S. The first-order valence-electron chi connectivity index (χ1n) is 6.54. The molecule has 3 aromatic rings. The van der Waals surface area contributed by atoms with Gasteiger partial charge in [-0.2, -0.15) is 9.64 Å². The van der Waals surface area contributed by atoms with Crippen molar-refractivity contribution in [1.29, 1.82) is 5.26 Å². The minimum Gasteiger partial charge on any atom is -0.504 e. The molecule has 0 fully saturated rings. The Kier molecular flexibility index (Phi) is 4.08. The quantitative estimate of drug-likeness (QED) is 0.743. The molecule has 2 aromatic carbocycles. The first kappa shape index (κ1) is 14.8. The lowest BCUT2D eigenvalue weighted by Gasteiger charge is -2.10. The van der Waals surface area contributed by atoms with Gasteiger partial charge in [-0.25, -0.2) is 4.39 Å². The Morgan fingerprint density at radius 1 is 1.22 bits per heavy atom. The molecule has 1 heterocycles. The van der Waals surface area contributed by atoms with Crippen molar-refractivity contribution in [1.82, 2.24) is 4.37 Å². The molecule has 7 heteroatoms. The first-order chi connectivity index (χ1) is 11.2. The average molecular weight is 327 g/mol. The van der Waals surface area contributed by atoms with Crippen LogP contribution in [0, 0.1) is 17.1 Å². The van der Waals surface area contributed by atoms with Crippen LogP contribution in [0.3, 0.4) is 0 Å². The van der Waals surface area contributed by atoms with E-state index in [1.165, 1.54) is 36.5 Å². The molecule has 0 aliphatic heterocycles. The third-order valence-corrected chi connectivity index (χ3v) is 3.66. The van der Waals surface area contributed by atoms with Crippen LogP contribution in [0.25, 0.3) is 0 Å². The number of hydrogen-bond donors (Lipinski definition) is 2. The van der Waals surface area contributed by atoms with Crippen molar-refractivity contribution in [3.05, 3.63) is 60.0 Å². The third-order valence-electron chi connectivity index (χ3n) is 2.95. The second-order valence-electron chi connectivity index (χ2n) is 4.54. The fraction of sp³-hybridized carbons (Fsp3) is 0. The molecule has 0 atom stereocenters. The van der Waals surface area contributed by atoms with Crippen LogP contribution in [-0.4, -0.2) is 9.48 Å². The highest BCUT2D eigenvalue weighted by atomic mass is 32.1. The summed E-state index contributed by atoms with van der Waals surface area (Å²) in [4.78, 5) is 0. The standard InChI is InChI=1S/C16H10FN3O2S/c17-11-1-4-13(5-2-11)22-15-6-3-12(7-14(15)21)20-16-10(8-18)9-19-23-16/h1-7,9,20-21H. The molecule has 0 aliphatic rings. The Morgan fingerprint density at radius 2 is 2.00 bits per heavy atom. The number of halogens is 1. The van der Waals surface area contributed by atoms with Crippen molar-refractivity contribution in [2.45, 2.75) is 0 Å². The number of nitriles is 1. The van der Waals surface area contributed by atoms with Crippen LogP contribution in [0.2, 0.25) is 0 Å². The number of aromatic hydroxyl groups is 1. The van der Waals surface area contributed by atoms with E-state index in [0.29, 0.717) is 22.0 Å². The molecule has 0 amide bonds. The third kappa shape index (κ3) is 3.39. The molecule has 3 rings (SSSR count).